The molecule has 6 heteroatoms. The highest BCUT2D eigenvalue weighted by Gasteiger charge is 2.10. The molecule has 24 heavy (non-hydrogen) atoms. The molecule has 0 unspecified atom stereocenters. The Kier molecular flexibility index (Phi) is 6.03. The zero-order valence-corrected chi connectivity index (χ0v) is 13.4. The Hall–Kier alpha value is -2.73. The maximum Gasteiger partial charge on any atom is 0.255 e. The lowest BCUT2D eigenvalue weighted by atomic mass is 10.1. The molecule has 0 fully saturated rings. The molecule has 0 radical (unpaired) electrons. The second-order valence-corrected chi connectivity index (χ2v) is 5.28. The zero-order chi connectivity index (χ0) is 17.5. The summed E-state index contributed by atoms with van der Waals surface area (Å²) in [5.74, 6) is -1.07. The average Bonchev–Trinajstić information content (AvgIpc) is 2.55. The van der Waals surface area contributed by atoms with E-state index >= 15 is 0 Å². The van der Waals surface area contributed by atoms with Crippen LogP contribution >= 0.6 is 0 Å². The summed E-state index contributed by atoms with van der Waals surface area (Å²) >= 11 is 0. The molecule has 0 aliphatic heterocycles. The summed E-state index contributed by atoms with van der Waals surface area (Å²) in [5, 5.41) is 5.50. The highest BCUT2D eigenvalue weighted by atomic mass is 19.1. The van der Waals surface area contributed by atoms with E-state index in [0.29, 0.717) is 11.4 Å². The van der Waals surface area contributed by atoms with Gasteiger partial charge in [0.1, 0.15) is 5.82 Å². The van der Waals surface area contributed by atoms with E-state index < -0.39 is 11.7 Å². The van der Waals surface area contributed by atoms with Crippen LogP contribution in [0.4, 0.5) is 15.8 Å². The normalized spacial score (nSPS) is 10.3. The first-order valence-electron chi connectivity index (χ1n) is 7.73. The second kappa shape index (κ2) is 8.21. The fourth-order valence-corrected chi connectivity index (χ4v) is 2.26. The standard InChI is InChI=1S/C18H20FN3O2/c1-2-12-6-7-15(11-16(12)22-17(23)8-9-20)21-18(24)13-4-3-5-14(19)10-13/h3-7,10-11H,2,8-9,20H2,1H3,(H,21,24)(H,22,23). The Labute approximate surface area is 140 Å². The summed E-state index contributed by atoms with van der Waals surface area (Å²) in [6.45, 7) is 2.24. The molecule has 2 rings (SSSR count). The van der Waals surface area contributed by atoms with E-state index in [-0.39, 0.29) is 24.4 Å². The molecular weight excluding hydrogens is 309 g/mol. The van der Waals surface area contributed by atoms with Crippen molar-refractivity contribution in [3.05, 3.63) is 59.4 Å². The van der Waals surface area contributed by atoms with E-state index in [2.05, 4.69) is 10.6 Å². The first-order valence-corrected chi connectivity index (χ1v) is 7.73. The third kappa shape index (κ3) is 4.63. The molecule has 4 N–H and O–H groups in total. The van der Waals surface area contributed by atoms with Crippen molar-refractivity contribution < 1.29 is 14.0 Å². The van der Waals surface area contributed by atoms with E-state index in [1.165, 1.54) is 24.3 Å². The van der Waals surface area contributed by atoms with Gasteiger partial charge in [0.15, 0.2) is 0 Å². The molecule has 0 aliphatic rings. The minimum atomic E-state index is -0.473. The van der Waals surface area contributed by atoms with E-state index in [9.17, 15) is 14.0 Å². The van der Waals surface area contributed by atoms with E-state index in [4.69, 9.17) is 5.73 Å². The summed E-state index contributed by atoms with van der Waals surface area (Å²) in [6, 6.07) is 10.7. The number of rotatable bonds is 6. The van der Waals surface area contributed by atoms with Crippen LogP contribution in [0.1, 0.15) is 29.3 Å². The second-order valence-electron chi connectivity index (χ2n) is 5.28. The fraction of sp³-hybridized carbons (Fsp3) is 0.222. The predicted octanol–water partition coefficient (Wildman–Crippen LogP) is 2.93. The van der Waals surface area contributed by atoms with Crippen LogP contribution in [0.25, 0.3) is 0 Å². The molecule has 0 bridgehead atoms. The molecule has 0 saturated carbocycles. The smallest absolute Gasteiger partial charge is 0.255 e. The molecule has 126 valence electrons. The zero-order valence-electron chi connectivity index (χ0n) is 13.4. The summed E-state index contributed by atoms with van der Waals surface area (Å²) in [5.41, 5.74) is 7.70. The molecule has 2 amide bonds. The third-order valence-electron chi connectivity index (χ3n) is 3.48. The van der Waals surface area contributed by atoms with Crippen LogP contribution in [0, 0.1) is 5.82 Å². The number of carbonyl (C=O) groups is 2. The fourth-order valence-electron chi connectivity index (χ4n) is 2.26. The van der Waals surface area contributed by atoms with Crippen LogP contribution < -0.4 is 16.4 Å². The first-order chi connectivity index (χ1) is 11.5. The van der Waals surface area contributed by atoms with Gasteiger partial charge < -0.3 is 16.4 Å². The van der Waals surface area contributed by atoms with Crippen molar-refractivity contribution in [1.82, 2.24) is 0 Å². The number of carbonyl (C=O) groups excluding carboxylic acids is 2. The van der Waals surface area contributed by atoms with Crippen molar-refractivity contribution in [1.29, 1.82) is 0 Å². The summed E-state index contributed by atoms with van der Waals surface area (Å²) in [4.78, 5) is 23.9. The van der Waals surface area contributed by atoms with Gasteiger partial charge in [-0.2, -0.15) is 0 Å². The lowest BCUT2D eigenvalue weighted by Gasteiger charge is -2.13. The highest BCUT2D eigenvalue weighted by molar-refractivity contribution is 6.04. The number of nitrogens with two attached hydrogens (primary N) is 1. The molecule has 0 heterocycles. The van der Waals surface area contributed by atoms with Gasteiger partial charge in [0, 0.05) is 29.9 Å². The number of halogens is 1. The molecule has 0 aromatic heterocycles. The molecular formula is C18H20FN3O2. The van der Waals surface area contributed by atoms with Gasteiger partial charge in [0.05, 0.1) is 0 Å². The Morgan fingerprint density at radius 1 is 1.12 bits per heavy atom. The van der Waals surface area contributed by atoms with Crippen molar-refractivity contribution >= 4 is 23.2 Å². The molecule has 2 aromatic rings. The number of hydrogen-bond acceptors (Lipinski definition) is 3. The maximum atomic E-state index is 13.2. The first kappa shape index (κ1) is 17.6. The Morgan fingerprint density at radius 2 is 1.92 bits per heavy atom. The monoisotopic (exact) mass is 329 g/mol. The van der Waals surface area contributed by atoms with Crippen molar-refractivity contribution in [2.75, 3.05) is 17.2 Å². The number of nitrogens with one attached hydrogen (secondary N) is 2. The molecule has 0 saturated heterocycles. The molecule has 0 spiro atoms. The van der Waals surface area contributed by atoms with Crippen molar-refractivity contribution in [3.63, 3.8) is 0 Å². The van der Waals surface area contributed by atoms with Gasteiger partial charge in [0.2, 0.25) is 5.91 Å². The van der Waals surface area contributed by atoms with Crippen LogP contribution in [0.15, 0.2) is 42.5 Å². The maximum absolute atomic E-state index is 13.2. The quantitative estimate of drug-likeness (QED) is 0.762. The van der Waals surface area contributed by atoms with Gasteiger partial charge in [-0.05, 0) is 42.3 Å². The largest absolute Gasteiger partial charge is 0.330 e. The SMILES string of the molecule is CCc1ccc(NC(=O)c2cccc(F)c2)cc1NC(=O)CCN. The summed E-state index contributed by atoms with van der Waals surface area (Å²) in [6.07, 6.45) is 0.958. The van der Waals surface area contributed by atoms with E-state index in [0.717, 1.165) is 12.0 Å². The molecule has 0 atom stereocenters. The lowest BCUT2D eigenvalue weighted by molar-refractivity contribution is -0.116. The van der Waals surface area contributed by atoms with Crippen LogP contribution in [0.2, 0.25) is 0 Å². The van der Waals surface area contributed by atoms with Gasteiger partial charge in [-0.1, -0.05) is 19.1 Å². The number of benzene rings is 2. The van der Waals surface area contributed by atoms with Crippen LogP contribution in [-0.4, -0.2) is 18.4 Å². The highest BCUT2D eigenvalue weighted by Crippen LogP contribution is 2.22. The summed E-state index contributed by atoms with van der Waals surface area (Å²) in [7, 11) is 0. The number of anilines is 2. The Balaban J connectivity index is 2.18. The summed E-state index contributed by atoms with van der Waals surface area (Å²) < 4.78 is 13.2. The lowest BCUT2D eigenvalue weighted by Crippen LogP contribution is -2.17. The van der Waals surface area contributed by atoms with Gasteiger partial charge in [0.25, 0.3) is 5.91 Å². The van der Waals surface area contributed by atoms with Crippen LogP contribution in [0.5, 0.6) is 0 Å². The van der Waals surface area contributed by atoms with E-state index in [1.807, 2.05) is 13.0 Å². The Morgan fingerprint density at radius 3 is 2.58 bits per heavy atom. The van der Waals surface area contributed by atoms with Crippen molar-refractivity contribution in [3.8, 4) is 0 Å². The average molecular weight is 329 g/mol. The van der Waals surface area contributed by atoms with Crippen molar-refractivity contribution in [2.24, 2.45) is 5.73 Å². The number of hydrogen-bond donors (Lipinski definition) is 3. The molecule has 5 nitrogen and oxygen atoms in total. The van der Waals surface area contributed by atoms with Crippen molar-refractivity contribution in [2.45, 2.75) is 19.8 Å². The third-order valence-corrected chi connectivity index (χ3v) is 3.48. The van der Waals surface area contributed by atoms with Gasteiger partial charge in [-0.15, -0.1) is 0 Å². The molecule has 0 aliphatic carbocycles. The number of aryl methyl sites for hydroxylation is 1. The minimum absolute atomic E-state index is 0.180. The minimum Gasteiger partial charge on any atom is -0.330 e. The number of amides is 2. The predicted molar refractivity (Wildman–Crippen MR) is 92.5 cm³/mol. The van der Waals surface area contributed by atoms with Crippen LogP contribution in [0.3, 0.4) is 0 Å². The molecule has 2 aromatic carbocycles. The van der Waals surface area contributed by atoms with Crippen LogP contribution in [-0.2, 0) is 11.2 Å². The van der Waals surface area contributed by atoms with E-state index in [1.54, 1.807) is 12.1 Å². The van der Waals surface area contributed by atoms with Gasteiger partial charge in [-0.3, -0.25) is 9.59 Å². The van der Waals surface area contributed by atoms with Gasteiger partial charge >= 0.3 is 0 Å². The Bertz CT molecular complexity index is 747. The topological polar surface area (TPSA) is 84.2 Å². The van der Waals surface area contributed by atoms with Gasteiger partial charge in [-0.25, -0.2) is 4.39 Å².